The highest BCUT2D eigenvalue weighted by Crippen LogP contribution is 2.27. The number of carbonyl (C=O) groups is 2. The van der Waals surface area contributed by atoms with Gasteiger partial charge in [-0.3, -0.25) is 14.5 Å². The first-order chi connectivity index (χ1) is 7.68. The molecule has 0 aromatic carbocycles. The van der Waals surface area contributed by atoms with Crippen molar-refractivity contribution in [1.29, 1.82) is 0 Å². The molecule has 16 heavy (non-hydrogen) atoms. The smallest absolute Gasteiger partial charge is 0.229 e. The molecule has 0 spiro atoms. The van der Waals surface area contributed by atoms with Gasteiger partial charge in [0, 0.05) is 12.8 Å². The van der Waals surface area contributed by atoms with Crippen molar-refractivity contribution < 1.29 is 14.7 Å². The minimum absolute atomic E-state index is 0.125. The van der Waals surface area contributed by atoms with E-state index in [0.29, 0.717) is 12.8 Å². The Labute approximate surface area is 95.6 Å². The predicted octanol–water partition coefficient (Wildman–Crippen LogP) is 1.08. The number of hydrogen-bond donors (Lipinski definition) is 1. The normalized spacial score (nSPS) is 25.2. The van der Waals surface area contributed by atoms with Crippen molar-refractivity contribution in [2.24, 2.45) is 5.92 Å². The van der Waals surface area contributed by atoms with Crippen LogP contribution in [0.3, 0.4) is 0 Å². The Morgan fingerprint density at radius 3 is 2.25 bits per heavy atom. The van der Waals surface area contributed by atoms with Gasteiger partial charge in [-0.25, -0.2) is 0 Å². The first-order valence-electron chi connectivity index (χ1n) is 6.20. The second-order valence-electron chi connectivity index (χ2n) is 4.86. The molecule has 2 aliphatic rings. The molecule has 4 heteroatoms. The summed E-state index contributed by atoms with van der Waals surface area (Å²) in [6.07, 6.45) is 5.71. The Kier molecular flexibility index (Phi) is 3.59. The third-order valence-corrected chi connectivity index (χ3v) is 3.72. The van der Waals surface area contributed by atoms with Crippen LogP contribution >= 0.6 is 0 Å². The topological polar surface area (TPSA) is 57.6 Å². The molecule has 1 saturated carbocycles. The van der Waals surface area contributed by atoms with Crippen LogP contribution in [0.5, 0.6) is 0 Å². The van der Waals surface area contributed by atoms with Crippen molar-refractivity contribution in [2.45, 2.75) is 51.0 Å². The van der Waals surface area contributed by atoms with Crippen molar-refractivity contribution in [3.05, 3.63) is 0 Å². The summed E-state index contributed by atoms with van der Waals surface area (Å²) in [4.78, 5) is 24.0. The van der Waals surface area contributed by atoms with Gasteiger partial charge in [-0.1, -0.05) is 19.3 Å². The van der Waals surface area contributed by atoms with Crippen LogP contribution in [0.2, 0.25) is 0 Å². The molecule has 2 fully saturated rings. The number of hydrogen-bond acceptors (Lipinski definition) is 3. The zero-order chi connectivity index (χ0) is 11.5. The average molecular weight is 225 g/mol. The van der Waals surface area contributed by atoms with E-state index in [1.807, 2.05) is 0 Å². The first kappa shape index (κ1) is 11.6. The predicted molar refractivity (Wildman–Crippen MR) is 58.5 cm³/mol. The summed E-state index contributed by atoms with van der Waals surface area (Å²) in [5.74, 6) is 0.0228. The lowest BCUT2D eigenvalue weighted by molar-refractivity contribution is -0.140. The van der Waals surface area contributed by atoms with Gasteiger partial charge in [-0.15, -0.1) is 0 Å². The highest BCUT2D eigenvalue weighted by atomic mass is 16.3. The minimum atomic E-state index is -0.522. The Bertz CT molecular complexity index is 268. The van der Waals surface area contributed by atoms with Gasteiger partial charge in [0.05, 0.1) is 12.6 Å². The lowest BCUT2D eigenvalue weighted by Crippen LogP contribution is -2.40. The molecule has 0 aromatic rings. The Balaban J connectivity index is 1.88. The van der Waals surface area contributed by atoms with Crippen molar-refractivity contribution in [1.82, 2.24) is 4.90 Å². The summed E-state index contributed by atoms with van der Waals surface area (Å²) in [7, 11) is 0. The lowest BCUT2D eigenvalue weighted by Gasteiger charge is -2.28. The number of carbonyl (C=O) groups excluding carboxylic acids is 2. The summed E-state index contributed by atoms with van der Waals surface area (Å²) >= 11 is 0. The number of amides is 2. The fourth-order valence-electron chi connectivity index (χ4n) is 2.68. The van der Waals surface area contributed by atoms with Gasteiger partial charge >= 0.3 is 0 Å². The van der Waals surface area contributed by atoms with Crippen LogP contribution in [0.25, 0.3) is 0 Å². The maximum Gasteiger partial charge on any atom is 0.229 e. The summed E-state index contributed by atoms with van der Waals surface area (Å²) in [5.41, 5.74) is 0. The molecule has 1 aliphatic heterocycles. The number of β-amino-alcohol motifs (C(OH)–C–C–N with tert-alkyl or cyclic N) is 1. The molecule has 1 unspecified atom stereocenters. The molecule has 2 rings (SSSR count). The zero-order valence-electron chi connectivity index (χ0n) is 9.52. The quantitative estimate of drug-likeness (QED) is 0.731. The van der Waals surface area contributed by atoms with Gasteiger partial charge in [-0.2, -0.15) is 0 Å². The third-order valence-electron chi connectivity index (χ3n) is 3.72. The van der Waals surface area contributed by atoms with E-state index in [9.17, 15) is 14.7 Å². The van der Waals surface area contributed by atoms with Crippen molar-refractivity contribution in [3.63, 3.8) is 0 Å². The maximum atomic E-state index is 11.4. The molecule has 90 valence electrons. The van der Waals surface area contributed by atoms with E-state index in [1.54, 1.807) is 0 Å². The molecule has 1 N–H and O–H groups in total. The number of aliphatic hydroxyl groups is 1. The molecular formula is C12H19NO3. The SMILES string of the molecule is O=C1CCC(=O)N1CC(O)C1CCCCC1. The van der Waals surface area contributed by atoms with Gasteiger partial charge in [0.25, 0.3) is 0 Å². The molecule has 0 bridgehead atoms. The fraction of sp³-hybridized carbons (Fsp3) is 0.833. The third kappa shape index (κ3) is 2.43. The number of rotatable bonds is 3. The summed E-state index contributed by atoms with van der Waals surface area (Å²) in [5, 5.41) is 10.0. The van der Waals surface area contributed by atoms with Crippen LogP contribution in [0.15, 0.2) is 0 Å². The lowest BCUT2D eigenvalue weighted by atomic mass is 9.85. The number of likely N-dealkylation sites (tertiary alicyclic amines) is 1. The molecule has 1 atom stereocenters. The highest BCUT2D eigenvalue weighted by Gasteiger charge is 2.32. The van der Waals surface area contributed by atoms with E-state index < -0.39 is 6.10 Å². The van der Waals surface area contributed by atoms with E-state index in [2.05, 4.69) is 0 Å². The Morgan fingerprint density at radius 1 is 1.12 bits per heavy atom. The van der Waals surface area contributed by atoms with Crippen LogP contribution in [0, 0.1) is 5.92 Å². The van der Waals surface area contributed by atoms with Crippen LogP contribution in [0.4, 0.5) is 0 Å². The number of nitrogens with zero attached hydrogens (tertiary/aromatic N) is 1. The Hall–Kier alpha value is -0.900. The van der Waals surface area contributed by atoms with Crippen LogP contribution in [0.1, 0.15) is 44.9 Å². The summed E-state index contributed by atoms with van der Waals surface area (Å²) in [6, 6.07) is 0. The zero-order valence-corrected chi connectivity index (χ0v) is 9.52. The standard InChI is InChI=1S/C12H19NO3/c14-10(9-4-2-1-3-5-9)8-13-11(15)6-7-12(13)16/h9-10,14H,1-8H2. The first-order valence-corrected chi connectivity index (χ1v) is 6.20. The second-order valence-corrected chi connectivity index (χ2v) is 4.86. The molecule has 1 aliphatic carbocycles. The second kappa shape index (κ2) is 4.95. The molecule has 4 nitrogen and oxygen atoms in total. The van der Waals surface area contributed by atoms with Crippen molar-refractivity contribution in [2.75, 3.05) is 6.54 Å². The monoisotopic (exact) mass is 225 g/mol. The van der Waals surface area contributed by atoms with E-state index in [-0.39, 0.29) is 24.3 Å². The van der Waals surface area contributed by atoms with Gasteiger partial charge in [-0.05, 0) is 18.8 Å². The molecular weight excluding hydrogens is 206 g/mol. The van der Waals surface area contributed by atoms with Crippen LogP contribution in [-0.4, -0.2) is 34.5 Å². The number of aliphatic hydroxyl groups excluding tert-OH is 1. The van der Waals surface area contributed by atoms with E-state index >= 15 is 0 Å². The van der Waals surface area contributed by atoms with Gasteiger partial charge in [0.15, 0.2) is 0 Å². The largest absolute Gasteiger partial charge is 0.391 e. The van der Waals surface area contributed by atoms with E-state index in [0.717, 1.165) is 25.7 Å². The Morgan fingerprint density at radius 2 is 1.69 bits per heavy atom. The van der Waals surface area contributed by atoms with Gasteiger partial charge in [0.1, 0.15) is 0 Å². The molecule has 0 aromatic heterocycles. The van der Waals surface area contributed by atoms with E-state index in [1.165, 1.54) is 11.3 Å². The van der Waals surface area contributed by atoms with Crippen LogP contribution < -0.4 is 0 Å². The maximum absolute atomic E-state index is 11.4. The van der Waals surface area contributed by atoms with Crippen LogP contribution in [-0.2, 0) is 9.59 Å². The summed E-state index contributed by atoms with van der Waals surface area (Å²) < 4.78 is 0. The highest BCUT2D eigenvalue weighted by molar-refractivity contribution is 6.01. The fourth-order valence-corrected chi connectivity index (χ4v) is 2.68. The number of imide groups is 1. The minimum Gasteiger partial charge on any atom is -0.391 e. The van der Waals surface area contributed by atoms with Crippen molar-refractivity contribution >= 4 is 11.8 Å². The van der Waals surface area contributed by atoms with E-state index in [4.69, 9.17) is 0 Å². The molecule has 0 radical (unpaired) electrons. The molecule has 1 heterocycles. The van der Waals surface area contributed by atoms with Gasteiger partial charge < -0.3 is 5.11 Å². The average Bonchev–Trinajstić information content (AvgIpc) is 2.62. The van der Waals surface area contributed by atoms with Gasteiger partial charge in [0.2, 0.25) is 11.8 Å². The summed E-state index contributed by atoms with van der Waals surface area (Å²) in [6.45, 7) is 0.211. The molecule has 1 saturated heterocycles. The van der Waals surface area contributed by atoms with Crippen molar-refractivity contribution in [3.8, 4) is 0 Å². The molecule has 2 amide bonds.